The SMILES string of the molecule is CCCOCCCCCCCCCCCC#CC1CCCC1. The van der Waals surface area contributed by atoms with Gasteiger partial charge in [-0.25, -0.2) is 0 Å². The van der Waals surface area contributed by atoms with E-state index in [1.54, 1.807) is 0 Å². The highest BCUT2D eigenvalue weighted by atomic mass is 16.5. The maximum Gasteiger partial charge on any atom is 0.0466 e. The number of hydrogen-bond donors (Lipinski definition) is 0. The molecular weight excluding hydrogens is 268 g/mol. The van der Waals surface area contributed by atoms with Crippen molar-refractivity contribution in [1.29, 1.82) is 0 Å². The van der Waals surface area contributed by atoms with Crippen molar-refractivity contribution in [2.24, 2.45) is 5.92 Å². The van der Waals surface area contributed by atoms with Gasteiger partial charge < -0.3 is 4.74 Å². The van der Waals surface area contributed by atoms with Crippen LogP contribution in [0.15, 0.2) is 0 Å². The standard InChI is InChI=1S/C21H38O/c1-2-19-22-20-15-11-9-7-5-3-4-6-8-10-12-16-21-17-13-14-18-21/h21H,2-11,13-15,17-20H2,1H3. The van der Waals surface area contributed by atoms with E-state index in [4.69, 9.17) is 4.74 Å². The summed E-state index contributed by atoms with van der Waals surface area (Å²) in [5, 5.41) is 0. The van der Waals surface area contributed by atoms with Crippen molar-refractivity contribution in [2.45, 2.75) is 103 Å². The van der Waals surface area contributed by atoms with Gasteiger partial charge in [0.2, 0.25) is 0 Å². The molecule has 0 aromatic heterocycles. The molecule has 0 aromatic rings. The van der Waals surface area contributed by atoms with Crippen LogP contribution in [0.2, 0.25) is 0 Å². The van der Waals surface area contributed by atoms with Crippen LogP contribution in [0.5, 0.6) is 0 Å². The summed E-state index contributed by atoms with van der Waals surface area (Å²) in [7, 11) is 0. The van der Waals surface area contributed by atoms with E-state index in [1.807, 2.05) is 0 Å². The largest absolute Gasteiger partial charge is 0.381 e. The van der Waals surface area contributed by atoms with Crippen molar-refractivity contribution in [3.63, 3.8) is 0 Å². The van der Waals surface area contributed by atoms with Crippen molar-refractivity contribution < 1.29 is 4.74 Å². The molecule has 1 aliphatic rings. The van der Waals surface area contributed by atoms with Gasteiger partial charge in [0.15, 0.2) is 0 Å². The first kappa shape index (κ1) is 19.6. The molecule has 0 radical (unpaired) electrons. The van der Waals surface area contributed by atoms with E-state index >= 15 is 0 Å². The highest BCUT2D eigenvalue weighted by Gasteiger charge is 2.10. The van der Waals surface area contributed by atoms with Gasteiger partial charge in [-0.15, -0.1) is 5.92 Å². The second-order valence-electron chi connectivity index (χ2n) is 6.85. The van der Waals surface area contributed by atoms with Crippen LogP contribution in [0.3, 0.4) is 0 Å². The average molecular weight is 307 g/mol. The molecule has 0 bridgehead atoms. The maximum absolute atomic E-state index is 5.50. The third-order valence-corrected chi connectivity index (χ3v) is 4.60. The molecule has 0 aliphatic heterocycles. The van der Waals surface area contributed by atoms with Crippen LogP contribution in [-0.2, 0) is 4.74 Å². The quantitative estimate of drug-likeness (QED) is 0.278. The van der Waals surface area contributed by atoms with Gasteiger partial charge in [-0.3, -0.25) is 0 Å². The lowest BCUT2D eigenvalue weighted by atomic mass is 10.1. The minimum Gasteiger partial charge on any atom is -0.381 e. The van der Waals surface area contributed by atoms with Crippen molar-refractivity contribution in [1.82, 2.24) is 0 Å². The Balaban J connectivity index is 1.71. The van der Waals surface area contributed by atoms with Gasteiger partial charge in [0.1, 0.15) is 0 Å². The second-order valence-corrected chi connectivity index (χ2v) is 6.85. The maximum atomic E-state index is 5.50. The first-order chi connectivity index (χ1) is 10.9. The van der Waals surface area contributed by atoms with Crippen LogP contribution >= 0.6 is 0 Å². The molecule has 0 aromatic carbocycles. The minimum atomic E-state index is 0.743. The normalized spacial score (nSPS) is 15.0. The van der Waals surface area contributed by atoms with Gasteiger partial charge in [-0.05, 0) is 32.1 Å². The molecule has 0 heterocycles. The number of rotatable bonds is 13. The predicted molar refractivity (Wildman–Crippen MR) is 97.0 cm³/mol. The molecular formula is C21H38O. The molecule has 0 spiro atoms. The summed E-state index contributed by atoms with van der Waals surface area (Å²) < 4.78 is 5.50. The molecule has 0 saturated heterocycles. The Morgan fingerprint density at radius 3 is 2.00 bits per heavy atom. The first-order valence-corrected chi connectivity index (χ1v) is 9.99. The lowest BCUT2D eigenvalue weighted by molar-refractivity contribution is 0.130. The Morgan fingerprint density at radius 2 is 1.36 bits per heavy atom. The van der Waals surface area contributed by atoms with Gasteiger partial charge in [0.25, 0.3) is 0 Å². The highest BCUT2D eigenvalue weighted by molar-refractivity contribution is 5.04. The summed E-state index contributed by atoms with van der Waals surface area (Å²) in [6, 6.07) is 0. The number of ether oxygens (including phenoxy) is 1. The van der Waals surface area contributed by atoms with Gasteiger partial charge in [0, 0.05) is 25.6 Å². The molecule has 1 aliphatic carbocycles. The van der Waals surface area contributed by atoms with Crippen LogP contribution in [0.25, 0.3) is 0 Å². The Hall–Kier alpha value is -0.480. The van der Waals surface area contributed by atoms with E-state index in [-0.39, 0.29) is 0 Å². The van der Waals surface area contributed by atoms with Crippen molar-refractivity contribution in [2.75, 3.05) is 13.2 Å². The lowest BCUT2D eigenvalue weighted by Crippen LogP contribution is -1.95. The van der Waals surface area contributed by atoms with E-state index < -0.39 is 0 Å². The van der Waals surface area contributed by atoms with Gasteiger partial charge in [-0.2, -0.15) is 0 Å². The zero-order valence-electron chi connectivity index (χ0n) is 15.0. The summed E-state index contributed by atoms with van der Waals surface area (Å²) in [5.41, 5.74) is 0. The van der Waals surface area contributed by atoms with Crippen molar-refractivity contribution in [3.8, 4) is 11.8 Å². The van der Waals surface area contributed by atoms with Crippen molar-refractivity contribution in [3.05, 3.63) is 0 Å². The molecule has 1 heteroatoms. The summed E-state index contributed by atoms with van der Waals surface area (Å²) in [6.45, 7) is 4.07. The van der Waals surface area contributed by atoms with E-state index in [2.05, 4.69) is 18.8 Å². The Bertz CT molecular complexity index is 280. The van der Waals surface area contributed by atoms with E-state index in [0.717, 1.165) is 32.0 Å². The van der Waals surface area contributed by atoms with Crippen LogP contribution < -0.4 is 0 Å². The fraction of sp³-hybridized carbons (Fsp3) is 0.905. The summed E-state index contributed by atoms with van der Waals surface area (Å²) in [4.78, 5) is 0. The molecule has 0 atom stereocenters. The van der Waals surface area contributed by atoms with Crippen LogP contribution in [-0.4, -0.2) is 13.2 Å². The van der Waals surface area contributed by atoms with Crippen LogP contribution in [0.1, 0.15) is 103 Å². The lowest BCUT2D eigenvalue weighted by Gasteiger charge is -2.03. The molecule has 0 unspecified atom stereocenters. The number of hydrogen-bond acceptors (Lipinski definition) is 1. The highest BCUT2D eigenvalue weighted by Crippen LogP contribution is 2.23. The topological polar surface area (TPSA) is 9.23 Å². The molecule has 0 N–H and O–H groups in total. The molecule has 1 nitrogen and oxygen atoms in total. The smallest absolute Gasteiger partial charge is 0.0466 e. The van der Waals surface area contributed by atoms with E-state index in [1.165, 1.54) is 83.5 Å². The van der Waals surface area contributed by atoms with Crippen LogP contribution in [0.4, 0.5) is 0 Å². The first-order valence-electron chi connectivity index (χ1n) is 9.99. The fourth-order valence-corrected chi connectivity index (χ4v) is 3.19. The third-order valence-electron chi connectivity index (χ3n) is 4.60. The number of unbranched alkanes of at least 4 members (excludes halogenated alkanes) is 9. The molecule has 1 fully saturated rings. The monoisotopic (exact) mass is 306 g/mol. The predicted octanol–water partition coefficient (Wildman–Crippen LogP) is 6.51. The molecule has 1 rings (SSSR count). The molecule has 1 saturated carbocycles. The molecule has 22 heavy (non-hydrogen) atoms. The average Bonchev–Trinajstić information content (AvgIpc) is 3.04. The Kier molecular flexibility index (Phi) is 13.7. The Morgan fingerprint density at radius 1 is 0.773 bits per heavy atom. The zero-order valence-corrected chi connectivity index (χ0v) is 15.0. The van der Waals surface area contributed by atoms with Gasteiger partial charge >= 0.3 is 0 Å². The summed E-state index contributed by atoms with van der Waals surface area (Å²) in [5.74, 6) is 7.61. The second kappa shape index (κ2) is 15.4. The van der Waals surface area contributed by atoms with E-state index in [0.29, 0.717) is 0 Å². The van der Waals surface area contributed by atoms with Gasteiger partial charge in [-0.1, -0.05) is 70.6 Å². The summed E-state index contributed by atoms with van der Waals surface area (Å²) >= 11 is 0. The fourth-order valence-electron chi connectivity index (χ4n) is 3.19. The van der Waals surface area contributed by atoms with E-state index in [9.17, 15) is 0 Å². The Labute approximate surface area is 139 Å². The van der Waals surface area contributed by atoms with Crippen LogP contribution in [0, 0.1) is 17.8 Å². The third kappa shape index (κ3) is 12.1. The summed E-state index contributed by atoms with van der Waals surface area (Å²) in [6.07, 6.45) is 20.2. The zero-order chi connectivity index (χ0) is 15.7. The van der Waals surface area contributed by atoms with Crippen molar-refractivity contribution >= 4 is 0 Å². The molecule has 0 amide bonds. The minimum absolute atomic E-state index is 0.743. The molecule has 128 valence electrons. The van der Waals surface area contributed by atoms with Gasteiger partial charge in [0.05, 0.1) is 0 Å².